The minimum Gasteiger partial charge on any atom is -0.444 e. The molecule has 0 aliphatic carbocycles. The Morgan fingerprint density at radius 2 is 1.96 bits per heavy atom. The first-order valence-corrected chi connectivity index (χ1v) is 8.28. The molecule has 0 saturated heterocycles. The number of hydrogen-bond donors (Lipinski definition) is 1. The zero-order valence-corrected chi connectivity index (χ0v) is 15.2. The van der Waals surface area contributed by atoms with Gasteiger partial charge in [0.1, 0.15) is 11.3 Å². The van der Waals surface area contributed by atoms with Crippen molar-refractivity contribution < 1.29 is 9.53 Å². The number of azide groups is 1. The van der Waals surface area contributed by atoms with E-state index in [1.54, 1.807) is 11.1 Å². The van der Waals surface area contributed by atoms with Gasteiger partial charge in [-0.2, -0.15) is 15.4 Å². The van der Waals surface area contributed by atoms with Gasteiger partial charge in [0.15, 0.2) is 0 Å². The van der Waals surface area contributed by atoms with Gasteiger partial charge in [-0.1, -0.05) is 29.4 Å². The summed E-state index contributed by atoms with van der Waals surface area (Å²) in [5, 5.41) is 13.9. The normalized spacial score (nSPS) is 10.9. The predicted octanol–water partition coefficient (Wildman–Crippen LogP) is 3.59. The fourth-order valence-corrected chi connectivity index (χ4v) is 2.26. The Bertz CT molecular complexity index is 744. The summed E-state index contributed by atoms with van der Waals surface area (Å²) in [6.07, 6.45) is 1.85. The van der Waals surface area contributed by atoms with Crippen LogP contribution in [0.1, 0.15) is 37.6 Å². The molecule has 26 heavy (non-hydrogen) atoms. The van der Waals surface area contributed by atoms with Crippen LogP contribution in [-0.2, 0) is 24.2 Å². The summed E-state index contributed by atoms with van der Waals surface area (Å²) in [5.74, 6) is 0. The Morgan fingerprint density at radius 1 is 1.27 bits per heavy atom. The Balaban J connectivity index is 2.07. The number of ether oxygens (including phenoxy) is 1. The first-order valence-electron chi connectivity index (χ1n) is 8.28. The average Bonchev–Trinajstić information content (AvgIpc) is 3.07. The van der Waals surface area contributed by atoms with Crippen LogP contribution in [0.4, 0.5) is 4.79 Å². The number of aromatic nitrogens is 3. The van der Waals surface area contributed by atoms with Crippen molar-refractivity contribution in [3.8, 4) is 0 Å². The van der Waals surface area contributed by atoms with Crippen molar-refractivity contribution >= 4 is 6.09 Å². The standard InChI is InChI=1S/C17H23N7O2/c1-17(2,3)26-16(25)24(12-15-10-20-23-21-15)11-14-6-4-13(5-7-14)8-9-19-22-18/h4-7,10H,8-9,11-12H2,1-3H3,(H,20,21,23). The van der Waals surface area contributed by atoms with Gasteiger partial charge in [0, 0.05) is 18.0 Å². The molecule has 0 aliphatic rings. The SMILES string of the molecule is CC(C)(C)OC(=O)N(Cc1ccc(CCN=[N+]=[N-])cc1)Cc1cn[nH]n1. The van der Waals surface area contributed by atoms with Crippen LogP contribution in [0.5, 0.6) is 0 Å². The van der Waals surface area contributed by atoms with Crippen LogP contribution >= 0.6 is 0 Å². The molecule has 0 spiro atoms. The largest absolute Gasteiger partial charge is 0.444 e. The van der Waals surface area contributed by atoms with E-state index in [0.29, 0.717) is 31.7 Å². The van der Waals surface area contributed by atoms with Crippen LogP contribution in [0, 0.1) is 0 Å². The quantitative estimate of drug-likeness (QED) is 0.462. The van der Waals surface area contributed by atoms with Gasteiger partial charge in [0.05, 0.1) is 12.7 Å². The maximum Gasteiger partial charge on any atom is 0.410 e. The van der Waals surface area contributed by atoms with Gasteiger partial charge in [0.25, 0.3) is 0 Å². The lowest BCUT2D eigenvalue weighted by Crippen LogP contribution is -2.36. The van der Waals surface area contributed by atoms with Crippen molar-refractivity contribution in [3.05, 3.63) is 57.7 Å². The summed E-state index contributed by atoms with van der Waals surface area (Å²) < 4.78 is 5.49. The lowest BCUT2D eigenvalue weighted by atomic mass is 10.1. The second kappa shape index (κ2) is 8.87. The molecular weight excluding hydrogens is 334 g/mol. The maximum atomic E-state index is 12.5. The molecule has 1 N–H and O–H groups in total. The number of carbonyl (C=O) groups excluding carboxylic acids is 1. The van der Waals surface area contributed by atoms with Gasteiger partial charge in [-0.15, -0.1) is 0 Å². The summed E-state index contributed by atoms with van der Waals surface area (Å²) in [4.78, 5) is 16.9. The highest BCUT2D eigenvalue weighted by molar-refractivity contribution is 5.68. The van der Waals surface area contributed by atoms with Crippen LogP contribution in [0.25, 0.3) is 10.4 Å². The number of amides is 1. The number of aromatic amines is 1. The Hall–Kier alpha value is -3.06. The van der Waals surface area contributed by atoms with Gasteiger partial charge >= 0.3 is 6.09 Å². The summed E-state index contributed by atoms with van der Waals surface area (Å²) in [6, 6.07) is 7.83. The molecule has 1 heterocycles. The third-order valence-corrected chi connectivity index (χ3v) is 3.43. The molecule has 0 aliphatic heterocycles. The van der Waals surface area contributed by atoms with Crippen molar-refractivity contribution in [3.63, 3.8) is 0 Å². The Kier molecular flexibility index (Phi) is 6.57. The molecule has 9 heteroatoms. The van der Waals surface area contributed by atoms with E-state index >= 15 is 0 Å². The maximum absolute atomic E-state index is 12.5. The van der Waals surface area contributed by atoms with Crippen LogP contribution in [0.2, 0.25) is 0 Å². The van der Waals surface area contributed by atoms with Gasteiger partial charge in [-0.3, -0.25) is 4.90 Å². The van der Waals surface area contributed by atoms with Gasteiger partial charge in [0.2, 0.25) is 0 Å². The van der Waals surface area contributed by atoms with Crippen LogP contribution in [-0.4, -0.2) is 38.5 Å². The first kappa shape index (κ1) is 19.3. The van der Waals surface area contributed by atoms with Gasteiger partial charge < -0.3 is 4.74 Å². The van der Waals surface area contributed by atoms with Crippen LogP contribution in [0.15, 0.2) is 35.6 Å². The minimum absolute atomic E-state index is 0.296. The summed E-state index contributed by atoms with van der Waals surface area (Å²) >= 11 is 0. The Morgan fingerprint density at radius 3 is 2.54 bits per heavy atom. The summed E-state index contributed by atoms with van der Waals surface area (Å²) in [7, 11) is 0. The monoisotopic (exact) mass is 357 g/mol. The molecule has 2 rings (SSSR count). The van der Waals surface area contributed by atoms with Gasteiger partial charge in [-0.25, -0.2) is 4.79 Å². The second-order valence-electron chi connectivity index (χ2n) is 6.82. The molecule has 1 aromatic carbocycles. The molecule has 138 valence electrons. The molecule has 0 saturated carbocycles. The smallest absolute Gasteiger partial charge is 0.410 e. The van der Waals surface area contributed by atoms with E-state index in [1.165, 1.54) is 0 Å². The second-order valence-corrected chi connectivity index (χ2v) is 6.82. The lowest BCUT2D eigenvalue weighted by molar-refractivity contribution is 0.0214. The highest BCUT2D eigenvalue weighted by Crippen LogP contribution is 2.15. The number of nitrogens with one attached hydrogen (secondary N) is 1. The number of benzene rings is 1. The summed E-state index contributed by atoms with van der Waals surface area (Å²) in [6.45, 7) is 6.60. The summed E-state index contributed by atoms with van der Waals surface area (Å²) in [5.41, 5.74) is 10.4. The highest BCUT2D eigenvalue weighted by Gasteiger charge is 2.23. The molecule has 0 radical (unpaired) electrons. The van der Waals surface area contributed by atoms with Crippen molar-refractivity contribution in [2.45, 2.75) is 45.9 Å². The first-order chi connectivity index (χ1) is 12.4. The predicted molar refractivity (Wildman–Crippen MR) is 96.0 cm³/mol. The topological polar surface area (TPSA) is 120 Å². The van der Waals surface area contributed by atoms with E-state index in [9.17, 15) is 4.79 Å². The number of carbonyl (C=O) groups is 1. The van der Waals surface area contributed by atoms with Crippen molar-refractivity contribution in [2.75, 3.05) is 6.54 Å². The zero-order chi connectivity index (χ0) is 19.0. The average molecular weight is 357 g/mol. The third kappa shape index (κ3) is 6.45. The zero-order valence-electron chi connectivity index (χ0n) is 15.2. The van der Waals surface area contributed by atoms with E-state index in [1.807, 2.05) is 45.0 Å². The molecule has 0 unspecified atom stereocenters. The molecule has 0 bridgehead atoms. The number of H-pyrrole nitrogens is 1. The molecule has 2 aromatic rings. The van der Waals surface area contributed by atoms with E-state index in [4.69, 9.17) is 10.3 Å². The molecule has 1 aromatic heterocycles. The van der Waals surface area contributed by atoms with Gasteiger partial charge in [-0.05, 0) is 43.9 Å². The third-order valence-electron chi connectivity index (χ3n) is 3.43. The van der Waals surface area contributed by atoms with E-state index in [-0.39, 0.29) is 0 Å². The molecule has 0 fully saturated rings. The molecular formula is C17H23N7O2. The number of hydrogen-bond acceptors (Lipinski definition) is 5. The van der Waals surface area contributed by atoms with E-state index in [0.717, 1.165) is 11.1 Å². The van der Waals surface area contributed by atoms with Crippen LogP contribution < -0.4 is 0 Å². The van der Waals surface area contributed by atoms with Crippen molar-refractivity contribution in [1.82, 2.24) is 20.3 Å². The lowest BCUT2D eigenvalue weighted by Gasteiger charge is -2.27. The van der Waals surface area contributed by atoms with Crippen molar-refractivity contribution in [1.29, 1.82) is 0 Å². The van der Waals surface area contributed by atoms with Crippen LogP contribution in [0.3, 0.4) is 0 Å². The number of nitrogens with zero attached hydrogens (tertiary/aromatic N) is 6. The molecule has 0 atom stereocenters. The van der Waals surface area contributed by atoms with E-state index < -0.39 is 11.7 Å². The fourth-order valence-electron chi connectivity index (χ4n) is 2.26. The Labute approximate surface area is 152 Å². The van der Waals surface area contributed by atoms with Crippen molar-refractivity contribution in [2.24, 2.45) is 5.11 Å². The molecule has 1 amide bonds. The highest BCUT2D eigenvalue weighted by atomic mass is 16.6. The molecule has 9 nitrogen and oxygen atoms in total. The van der Waals surface area contributed by atoms with E-state index in [2.05, 4.69) is 25.4 Å². The fraction of sp³-hybridized carbons (Fsp3) is 0.471. The minimum atomic E-state index is -0.579. The number of rotatable bonds is 7.